The van der Waals surface area contributed by atoms with Gasteiger partial charge in [-0.25, -0.2) is 23.1 Å². The Balaban J connectivity index is 2.10. The lowest BCUT2D eigenvalue weighted by molar-refractivity contribution is -0.119. The molecular weight excluding hydrogens is 414 g/mol. The number of nitrogens with two attached hydrogens (primary N) is 1. The quantitative estimate of drug-likeness (QED) is 0.553. The average Bonchev–Trinajstić information content (AvgIpc) is 3.02. The van der Waals surface area contributed by atoms with Crippen LogP contribution < -0.4 is 10.5 Å². The fourth-order valence-electron chi connectivity index (χ4n) is 2.89. The number of H-pyrrole nitrogens is 1. The van der Waals surface area contributed by atoms with E-state index in [0.717, 1.165) is 0 Å². The van der Waals surface area contributed by atoms with Gasteiger partial charge in [-0.1, -0.05) is 13.0 Å². The number of rotatable bonds is 7. The Morgan fingerprint density at radius 1 is 1.17 bits per heavy atom. The molecule has 1 heterocycles. The molecule has 0 aliphatic carbocycles. The number of hydrogen-bond acceptors (Lipinski definition) is 7. The highest BCUT2D eigenvalue weighted by molar-refractivity contribution is 7.89. The first kappa shape index (κ1) is 23.1. The Bertz CT molecular complexity index is 1100. The second-order valence-electron chi connectivity index (χ2n) is 6.47. The summed E-state index contributed by atoms with van der Waals surface area (Å²) in [7, 11) is -2.71. The summed E-state index contributed by atoms with van der Waals surface area (Å²) in [6.07, 6.45) is 0.457. The van der Waals surface area contributed by atoms with Crippen LogP contribution in [0.5, 0.6) is 0 Å². The molecule has 0 atom stereocenters. The Labute approximate surface area is 173 Å². The molecule has 0 aliphatic rings. The van der Waals surface area contributed by atoms with Crippen LogP contribution in [0.2, 0.25) is 0 Å². The van der Waals surface area contributed by atoms with Gasteiger partial charge in [-0.05, 0) is 43.5 Å². The number of aryl methyl sites for hydroxylation is 2. The van der Waals surface area contributed by atoms with Crippen LogP contribution in [0.25, 0.3) is 0 Å². The zero-order chi connectivity index (χ0) is 22.6. The van der Waals surface area contributed by atoms with Gasteiger partial charge in [0.25, 0.3) is 5.91 Å². The van der Waals surface area contributed by atoms with Crippen molar-refractivity contribution in [1.29, 1.82) is 0 Å². The Morgan fingerprint density at radius 3 is 2.40 bits per heavy atom. The number of aromatic nitrogens is 1. The van der Waals surface area contributed by atoms with Gasteiger partial charge in [0.15, 0.2) is 6.61 Å². The first-order valence-corrected chi connectivity index (χ1v) is 10.4. The van der Waals surface area contributed by atoms with E-state index in [0.29, 0.717) is 23.2 Å². The minimum absolute atomic E-state index is 0.0481. The molecule has 2 aromatic rings. The largest absolute Gasteiger partial charge is 0.465 e. The van der Waals surface area contributed by atoms with Crippen molar-refractivity contribution in [3.63, 3.8) is 0 Å². The van der Waals surface area contributed by atoms with Crippen LogP contribution >= 0.6 is 0 Å². The molecule has 0 aliphatic heterocycles. The maximum Gasteiger partial charge on any atom is 0.355 e. The lowest BCUT2D eigenvalue weighted by Gasteiger charge is -2.09. The van der Waals surface area contributed by atoms with Gasteiger partial charge in [0.05, 0.1) is 17.6 Å². The van der Waals surface area contributed by atoms with Crippen molar-refractivity contribution in [2.24, 2.45) is 5.14 Å². The number of carbonyl (C=O) groups excluding carboxylic acids is 3. The maximum absolute atomic E-state index is 12.4. The molecule has 30 heavy (non-hydrogen) atoms. The van der Waals surface area contributed by atoms with Crippen molar-refractivity contribution in [3.05, 3.63) is 46.3 Å². The van der Waals surface area contributed by atoms with Crippen LogP contribution in [-0.2, 0) is 30.7 Å². The predicted molar refractivity (Wildman–Crippen MR) is 108 cm³/mol. The molecule has 162 valence electrons. The van der Waals surface area contributed by atoms with Gasteiger partial charge >= 0.3 is 11.9 Å². The summed E-state index contributed by atoms with van der Waals surface area (Å²) in [4.78, 5) is 39.1. The number of amides is 1. The maximum atomic E-state index is 12.4. The number of aromatic amines is 1. The van der Waals surface area contributed by atoms with Gasteiger partial charge in [0.1, 0.15) is 5.69 Å². The minimum Gasteiger partial charge on any atom is -0.465 e. The molecule has 1 aromatic carbocycles. The highest BCUT2D eigenvalue weighted by Crippen LogP contribution is 2.21. The fourth-order valence-corrected chi connectivity index (χ4v) is 3.70. The van der Waals surface area contributed by atoms with Crippen molar-refractivity contribution in [2.45, 2.75) is 32.1 Å². The molecule has 0 spiro atoms. The standard InChI is InChI=1S/C19H23N3O7S/c1-5-13-16(18(24)28-4)11(3)17(22-13)19(25)29-9-15(23)21-12-7-6-10(2)14(8-12)30(20,26)27/h6-8,22H,5,9H2,1-4H3,(H,21,23)(H2,20,26,27). The summed E-state index contributed by atoms with van der Waals surface area (Å²) in [6.45, 7) is 4.32. The molecule has 4 N–H and O–H groups in total. The summed E-state index contributed by atoms with van der Waals surface area (Å²) >= 11 is 0. The molecule has 0 fully saturated rings. The third-order valence-corrected chi connectivity index (χ3v) is 5.44. The fraction of sp³-hybridized carbons (Fsp3) is 0.316. The minimum atomic E-state index is -3.95. The number of sulfonamides is 1. The number of ether oxygens (including phenoxy) is 2. The van der Waals surface area contributed by atoms with Crippen LogP contribution in [0.15, 0.2) is 23.1 Å². The summed E-state index contributed by atoms with van der Waals surface area (Å²) in [5.41, 5.74) is 1.80. The molecule has 0 unspecified atom stereocenters. The van der Waals surface area contributed by atoms with E-state index in [2.05, 4.69) is 10.3 Å². The van der Waals surface area contributed by atoms with Crippen LogP contribution in [-0.4, -0.2) is 45.0 Å². The van der Waals surface area contributed by atoms with Crippen molar-refractivity contribution in [3.8, 4) is 0 Å². The molecule has 11 heteroatoms. The summed E-state index contributed by atoms with van der Waals surface area (Å²) in [6, 6.07) is 4.20. The molecule has 1 aromatic heterocycles. The molecule has 0 bridgehead atoms. The molecule has 1 amide bonds. The molecule has 10 nitrogen and oxygen atoms in total. The van der Waals surface area contributed by atoms with E-state index >= 15 is 0 Å². The van der Waals surface area contributed by atoms with Crippen molar-refractivity contribution in [2.75, 3.05) is 19.0 Å². The van der Waals surface area contributed by atoms with E-state index in [9.17, 15) is 22.8 Å². The number of methoxy groups -OCH3 is 1. The topological polar surface area (TPSA) is 158 Å². The van der Waals surface area contributed by atoms with Crippen molar-refractivity contribution in [1.82, 2.24) is 4.98 Å². The summed E-state index contributed by atoms with van der Waals surface area (Å²) < 4.78 is 32.9. The van der Waals surface area contributed by atoms with E-state index in [1.54, 1.807) is 20.8 Å². The number of primary sulfonamides is 1. The number of hydrogen-bond donors (Lipinski definition) is 3. The normalized spacial score (nSPS) is 11.1. The molecule has 0 radical (unpaired) electrons. The van der Waals surface area contributed by atoms with E-state index < -0.39 is 34.5 Å². The monoisotopic (exact) mass is 437 g/mol. The second-order valence-corrected chi connectivity index (χ2v) is 8.00. The summed E-state index contributed by atoms with van der Waals surface area (Å²) in [5.74, 6) is -2.08. The van der Waals surface area contributed by atoms with E-state index in [-0.39, 0.29) is 21.8 Å². The third-order valence-electron chi connectivity index (χ3n) is 4.39. The van der Waals surface area contributed by atoms with Gasteiger partial charge in [-0.3, -0.25) is 4.79 Å². The van der Waals surface area contributed by atoms with Gasteiger partial charge in [0.2, 0.25) is 10.0 Å². The average molecular weight is 437 g/mol. The first-order chi connectivity index (χ1) is 14.0. The Hall–Kier alpha value is -3.18. The van der Waals surface area contributed by atoms with Gasteiger partial charge in [-0.2, -0.15) is 0 Å². The Kier molecular flexibility index (Phi) is 7.00. The van der Waals surface area contributed by atoms with Crippen molar-refractivity contribution >= 4 is 33.6 Å². The summed E-state index contributed by atoms with van der Waals surface area (Å²) in [5, 5.41) is 7.58. The number of esters is 2. The van der Waals surface area contributed by atoms with Crippen LogP contribution in [0.1, 0.15) is 44.6 Å². The van der Waals surface area contributed by atoms with Crippen molar-refractivity contribution < 1.29 is 32.3 Å². The predicted octanol–water partition coefficient (Wildman–Crippen LogP) is 1.42. The van der Waals surface area contributed by atoms with Gasteiger partial charge in [0, 0.05) is 11.4 Å². The highest BCUT2D eigenvalue weighted by Gasteiger charge is 2.25. The molecule has 2 rings (SSSR count). The van der Waals surface area contributed by atoms with E-state index in [4.69, 9.17) is 14.6 Å². The number of anilines is 1. The van der Waals surface area contributed by atoms with E-state index in [1.807, 2.05) is 0 Å². The lowest BCUT2D eigenvalue weighted by atomic mass is 10.1. The molecule has 0 saturated carbocycles. The van der Waals surface area contributed by atoms with Crippen LogP contribution in [0.4, 0.5) is 5.69 Å². The number of benzene rings is 1. The number of carbonyl (C=O) groups is 3. The zero-order valence-corrected chi connectivity index (χ0v) is 17.8. The smallest absolute Gasteiger partial charge is 0.355 e. The highest BCUT2D eigenvalue weighted by atomic mass is 32.2. The van der Waals surface area contributed by atoms with E-state index in [1.165, 1.54) is 25.3 Å². The van der Waals surface area contributed by atoms with Gasteiger partial charge in [-0.15, -0.1) is 0 Å². The Morgan fingerprint density at radius 2 is 1.83 bits per heavy atom. The van der Waals surface area contributed by atoms with Crippen LogP contribution in [0, 0.1) is 13.8 Å². The zero-order valence-electron chi connectivity index (χ0n) is 17.0. The first-order valence-electron chi connectivity index (χ1n) is 8.89. The second kappa shape index (κ2) is 9.09. The molecular formula is C19H23N3O7S. The number of nitrogens with one attached hydrogen (secondary N) is 2. The molecule has 0 saturated heterocycles. The van der Waals surface area contributed by atoms with Crippen LogP contribution in [0.3, 0.4) is 0 Å². The third kappa shape index (κ3) is 5.05. The SMILES string of the molecule is CCc1[nH]c(C(=O)OCC(=O)Nc2ccc(C)c(S(N)(=O)=O)c2)c(C)c1C(=O)OC. The lowest BCUT2D eigenvalue weighted by Crippen LogP contribution is -2.22. The van der Waals surface area contributed by atoms with Gasteiger partial charge < -0.3 is 19.8 Å².